The topological polar surface area (TPSA) is 9.23 Å². The Labute approximate surface area is 82.5 Å². The van der Waals surface area contributed by atoms with Crippen molar-refractivity contribution in [3.8, 4) is 5.75 Å². The zero-order chi connectivity index (χ0) is 9.84. The summed E-state index contributed by atoms with van der Waals surface area (Å²) in [6.07, 6.45) is 0. The van der Waals surface area contributed by atoms with Crippen LogP contribution < -0.4 is 4.74 Å². The van der Waals surface area contributed by atoms with E-state index in [1.165, 1.54) is 13.2 Å². The molecule has 1 aromatic carbocycles. The number of ether oxygens (including phenoxy) is 1. The van der Waals surface area contributed by atoms with Gasteiger partial charge in [-0.2, -0.15) is 0 Å². The molecule has 0 saturated carbocycles. The Morgan fingerprint density at radius 3 is 2.69 bits per heavy atom. The molecule has 1 rings (SSSR count). The van der Waals surface area contributed by atoms with Gasteiger partial charge in [0.15, 0.2) is 11.6 Å². The van der Waals surface area contributed by atoms with Crippen LogP contribution in [-0.2, 0) is 0 Å². The van der Waals surface area contributed by atoms with E-state index in [1.54, 1.807) is 6.07 Å². The number of hydrogen-bond acceptors (Lipinski definition) is 1. The van der Waals surface area contributed by atoms with Crippen molar-refractivity contribution in [1.29, 1.82) is 0 Å². The van der Waals surface area contributed by atoms with E-state index in [1.807, 2.05) is 13.0 Å². The summed E-state index contributed by atoms with van der Waals surface area (Å²) in [4.78, 5) is 0. The molecule has 0 N–H and O–H groups in total. The van der Waals surface area contributed by atoms with Gasteiger partial charge in [-0.3, -0.25) is 0 Å². The first-order chi connectivity index (χ1) is 6.19. The second-order valence-corrected chi connectivity index (χ2v) is 3.26. The second kappa shape index (κ2) is 4.47. The van der Waals surface area contributed by atoms with Gasteiger partial charge in [-0.25, -0.2) is 4.39 Å². The summed E-state index contributed by atoms with van der Waals surface area (Å²) in [5, 5.41) is 0. The van der Waals surface area contributed by atoms with E-state index in [2.05, 4.69) is 0 Å². The van der Waals surface area contributed by atoms with Gasteiger partial charge in [0.05, 0.1) is 7.11 Å². The summed E-state index contributed by atoms with van der Waals surface area (Å²) in [5.41, 5.74) is 0.897. The van der Waals surface area contributed by atoms with Crippen molar-refractivity contribution in [2.45, 2.75) is 12.8 Å². The van der Waals surface area contributed by atoms with E-state index in [0.29, 0.717) is 5.88 Å². The highest BCUT2D eigenvalue weighted by Crippen LogP contribution is 2.23. The van der Waals surface area contributed by atoms with Crippen molar-refractivity contribution in [2.75, 3.05) is 13.0 Å². The fourth-order valence-electron chi connectivity index (χ4n) is 1.08. The van der Waals surface area contributed by atoms with Gasteiger partial charge in [-0.05, 0) is 23.6 Å². The molecule has 72 valence electrons. The Balaban J connectivity index is 2.95. The highest BCUT2D eigenvalue weighted by molar-refractivity contribution is 6.18. The largest absolute Gasteiger partial charge is 0.494 e. The van der Waals surface area contributed by atoms with E-state index in [-0.39, 0.29) is 17.5 Å². The Morgan fingerprint density at radius 2 is 2.23 bits per heavy atom. The highest BCUT2D eigenvalue weighted by Gasteiger charge is 2.08. The second-order valence-electron chi connectivity index (χ2n) is 2.95. The van der Waals surface area contributed by atoms with Gasteiger partial charge in [0.25, 0.3) is 0 Å². The normalized spacial score (nSPS) is 12.6. The van der Waals surface area contributed by atoms with Crippen LogP contribution in [0.4, 0.5) is 4.39 Å². The lowest BCUT2D eigenvalue weighted by atomic mass is 10.0. The van der Waals surface area contributed by atoms with E-state index in [0.717, 1.165) is 5.56 Å². The van der Waals surface area contributed by atoms with Gasteiger partial charge in [0.2, 0.25) is 0 Å². The number of hydrogen-bond donors (Lipinski definition) is 0. The first-order valence-electron chi connectivity index (χ1n) is 4.08. The number of rotatable bonds is 3. The monoisotopic (exact) mass is 202 g/mol. The summed E-state index contributed by atoms with van der Waals surface area (Å²) < 4.78 is 18.0. The van der Waals surface area contributed by atoms with Gasteiger partial charge in [-0.15, -0.1) is 11.6 Å². The maximum atomic E-state index is 13.2. The molecule has 13 heavy (non-hydrogen) atoms. The molecule has 0 saturated heterocycles. The number of benzene rings is 1. The van der Waals surface area contributed by atoms with Crippen LogP contribution in [0.3, 0.4) is 0 Å². The molecule has 0 fully saturated rings. The molecule has 0 radical (unpaired) electrons. The van der Waals surface area contributed by atoms with E-state index in [9.17, 15) is 4.39 Å². The molecule has 1 atom stereocenters. The third-order valence-electron chi connectivity index (χ3n) is 1.98. The molecule has 1 unspecified atom stereocenters. The Kier molecular flexibility index (Phi) is 3.55. The van der Waals surface area contributed by atoms with Gasteiger partial charge >= 0.3 is 0 Å². The summed E-state index contributed by atoms with van der Waals surface area (Å²) >= 11 is 5.66. The lowest BCUT2D eigenvalue weighted by molar-refractivity contribution is 0.386. The molecule has 1 nitrogen and oxygen atoms in total. The number of methoxy groups -OCH3 is 1. The molecule has 0 bridgehead atoms. The van der Waals surface area contributed by atoms with Crippen LogP contribution in [0.1, 0.15) is 18.4 Å². The molecule has 0 amide bonds. The van der Waals surface area contributed by atoms with Crippen LogP contribution in [0.2, 0.25) is 0 Å². The molecule has 0 aliphatic heterocycles. The Morgan fingerprint density at radius 1 is 1.54 bits per heavy atom. The molecule has 0 aromatic heterocycles. The summed E-state index contributed by atoms with van der Waals surface area (Å²) in [7, 11) is 1.45. The fourth-order valence-corrected chi connectivity index (χ4v) is 1.26. The lowest BCUT2D eigenvalue weighted by Gasteiger charge is -2.09. The molecule has 0 aliphatic rings. The van der Waals surface area contributed by atoms with Crippen LogP contribution in [-0.4, -0.2) is 13.0 Å². The van der Waals surface area contributed by atoms with Gasteiger partial charge in [0, 0.05) is 5.88 Å². The minimum Gasteiger partial charge on any atom is -0.494 e. The van der Waals surface area contributed by atoms with E-state index in [4.69, 9.17) is 16.3 Å². The van der Waals surface area contributed by atoms with E-state index < -0.39 is 0 Å². The van der Waals surface area contributed by atoms with Crippen LogP contribution in [0.5, 0.6) is 5.75 Å². The molecule has 3 heteroatoms. The van der Waals surface area contributed by atoms with E-state index >= 15 is 0 Å². The number of alkyl halides is 1. The molecule has 1 aromatic rings. The predicted molar refractivity (Wildman–Crippen MR) is 52.1 cm³/mol. The van der Waals surface area contributed by atoms with Gasteiger partial charge in [-0.1, -0.05) is 13.0 Å². The average molecular weight is 203 g/mol. The standard InChI is InChI=1S/C10H12ClFO/c1-7(6-11)8-3-4-10(13-2)9(12)5-8/h3-5,7H,6H2,1-2H3. The zero-order valence-electron chi connectivity index (χ0n) is 7.68. The predicted octanol–water partition coefficient (Wildman–Crippen LogP) is 3.18. The van der Waals surface area contributed by atoms with Crippen LogP contribution in [0.15, 0.2) is 18.2 Å². The first-order valence-corrected chi connectivity index (χ1v) is 4.62. The van der Waals surface area contributed by atoms with Crippen molar-refractivity contribution in [3.05, 3.63) is 29.6 Å². The fraction of sp³-hybridized carbons (Fsp3) is 0.400. The summed E-state index contributed by atoms with van der Waals surface area (Å²) in [6, 6.07) is 4.91. The smallest absolute Gasteiger partial charge is 0.165 e. The summed E-state index contributed by atoms with van der Waals surface area (Å²) in [6.45, 7) is 1.95. The molecular formula is C10H12ClFO. The van der Waals surface area contributed by atoms with Crippen molar-refractivity contribution in [3.63, 3.8) is 0 Å². The minimum absolute atomic E-state index is 0.169. The molecule has 0 aliphatic carbocycles. The summed E-state index contributed by atoms with van der Waals surface area (Å²) in [5.74, 6) is 0.593. The average Bonchev–Trinajstić information content (AvgIpc) is 2.16. The highest BCUT2D eigenvalue weighted by atomic mass is 35.5. The first kappa shape index (κ1) is 10.3. The Hall–Kier alpha value is -0.760. The van der Waals surface area contributed by atoms with Crippen LogP contribution >= 0.6 is 11.6 Å². The zero-order valence-corrected chi connectivity index (χ0v) is 8.44. The van der Waals surface area contributed by atoms with Crippen molar-refractivity contribution in [2.24, 2.45) is 0 Å². The molecule has 0 spiro atoms. The quantitative estimate of drug-likeness (QED) is 0.685. The van der Waals surface area contributed by atoms with Crippen molar-refractivity contribution in [1.82, 2.24) is 0 Å². The van der Waals surface area contributed by atoms with Crippen molar-refractivity contribution >= 4 is 11.6 Å². The van der Waals surface area contributed by atoms with Crippen LogP contribution in [0.25, 0.3) is 0 Å². The third-order valence-corrected chi connectivity index (χ3v) is 2.44. The molecular weight excluding hydrogens is 191 g/mol. The van der Waals surface area contributed by atoms with Crippen molar-refractivity contribution < 1.29 is 9.13 Å². The van der Waals surface area contributed by atoms with Gasteiger partial charge < -0.3 is 4.74 Å². The van der Waals surface area contributed by atoms with Crippen LogP contribution in [0, 0.1) is 5.82 Å². The Bertz CT molecular complexity index is 288. The maximum absolute atomic E-state index is 13.2. The lowest BCUT2D eigenvalue weighted by Crippen LogP contribution is -1.96. The SMILES string of the molecule is COc1ccc(C(C)CCl)cc1F. The third kappa shape index (κ3) is 2.34. The molecule has 0 heterocycles. The number of halogens is 2. The maximum Gasteiger partial charge on any atom is 0.165 e. The minimum atomic E-state index is -0.336. The van der Waals surface area contributed by atoms with Gasteiger partial charge in [0.1, 0.15) is 0 Å².